The van der Waals surface area contributed by atoms with E-state index < -0.39 is 16.1 Å². The second-order valence-corrected chi connectivity index (χ2v) is 13.5. The summed E-state index contributed by atoms with van der Waals surface area (Å²) in [6.07, 6.45) is 11.1. The van der Waals surface area contributed by atoms with Gasteiger partial charge in [-0.15, -0.1) is 0 Å². The smallest absolute Gasteiger partial charge is 0.368 e. The van der Waals surface area contributed by atoms with Crippen LogP contribution in [0.3, 0.4) is 0 Å². The molecule has 2 aromatic heterocycles. The molecule has 0 saturated heterocycles. The van der Waals surface area contributed by atoms with Gasteiger partial charge in [0, 0.05) is 43.3 Å². The molecule has 238 valence electrons. The van der Waals surface area contributed by atoms with Gasteiger partial charge in [-0.3, -0.25) is 9.71 Å². The van der Waals surface area contributed by atoms with E-state index in [0.29, 0.717) is 49.6 Å². The zero-order chi connectivity index (χ0) is 31.2. The fourth-order valence-electron chi connectivity index (χ4n) is 5.74. The maximum absolute atomic E-state index is 13.2. The summed E-state index contributed by atoms with van der Waals surface area (Å²) in [6, 6.07) is 15.0. The van der Waals surface area contributed by atoms with Crippen molar-refractivity contribution >= 4 is 15.7 Å². The molecular weight excluding hydrogens is 594 g/mol. The van der Waals surface area contributed by atoms with Gasteiger partial charge in [-0.1, -0.05) is 38.2 Å². The highest BCUT2D eigenvalue weighted by Crippen LogP contribution is 2.31. The topological polar surface area (TPSA) is 153 Å². The van der Waals surface area contributed by atoms with E-state index in [9.17, 15) is 18.3 Å². The molecule has 3 N–H and O–H groups in total. The fourth-order valence-corrected chi connectivity index (χ4v) is 6.85. The summed E-state index contributed by atoms with van der Waals surface area (Å²) in [6.45, 7) is 1.46. The van der Waals surface area contributed by atoms with Crippen LogP contribution in [0.5, 0.6) is 5.75 Å². The number of rotatable bonds is 14. The number of pyridine rings is 1. The summed E-state index contributed by atoms with van der Waals surface area (Å²) < 4.78 is 37.7. The quantitative estimate of drug-likeness (QED) is 0.177. The molecule has 0 radical (unpaired) electrons. The zero-order valence-electron chi connectivity index (χ0n) is 25.1. The first-order valence-electron chi connectivity index (χ1n) is 15.6. The molecule has 45 heavy (non-hydrogen) atoms. The van der Waals surface area contributed by atoms with Gasteiger partial charge in [0.15, 0.2) is 0 Å². The van der Waals surface area contributed by atoms with E-state index >= 15 is 0 Å². The number of aliphatic hydroxyl groups excluding tert-OH is 1. The Kier molecular flexibility index (Phi) is 9.57. The largest absolute Gasteiger partial charge is 0.489 e. The lowest BCUT2D eigenvalue weighted by Gasteiger charge is -2.27. The van der Waals surface area contributed by atoms with Crippen molar-refractivity contribution < 1.29 is 18.3 Å². The number of unbranched alkanes of at least 4 members (excludes halogenated alkanes) is 1. The van der Waals surface area contributed by atoms with E-state index in [1.165, 1.54) is 41.1 Å². The monoisotopic (exact) mass is 633 g/mol. The number of hydrogen-bond donors (Lipinski definition) is 3. The molecule has 2 atom stereocenters. The van der Waals surface area contributed by atoms with Crippen molar-refractivity contribution in [3.63, 3.8) is 0 Å². The van der Waals surface area contributed by atoms with Crippen LogP contribution in [0, 0.1) is 5.92 Å². The normalized spacial score (nSPS) is 17.2. The number of hydrogen-bond acceptors (Lipinski definition) is 9. The molecule has 2 aromatic carbocycles. The van der Waals surface area contributed by atoms with Gasteiger partial charge in [0.25, 0.3) is 10.0 Å². The van der Waals surface area contributed by atoms with E-state index in [1.54, 1.807) is 54.9 Å². The molecule has 3 heterocycles. The standard InChI is InChI=1S/C32H39N7O5S/c40-30(25-8-4-17-33-20-25)22-34-21-28-14-9-24-19-29(15-16-31(24)44-28)45(42,43)35-26-10-12-27(13-11-26)39-32(41)38(36-37-39)18-2-1-5-23-6-3-7-23/h4,8,10-13,15-17,19-20,23,28,30,34-35,40H,1-3,5-7,9,14,18,21-22H2. The average molecular weight is 634 g/mol. The molecule has 2 unspecified atom stereocenters. The third kappa shape index (κ3) is 7.60. The minimum Gasteiger partial charge on any atom is -0.489 e. The molecule has 0 amide bonds. The van der Waals surface area contributed by atoms with Crippen molar-refractivity contribution in [2.24, 2.45) is 5.92 Å². The molecule has 4 aromatic rings. The van der Waals surface area contributed by atoms with Gasteiger partial charge in [0.05, 0.1) is 16.7 Å². The van der Waals surface area contributed by atoms with Crippen LogP contribution in [0.1, 0.15) is 62.2 Å². The van der Waals surface area contributed by atoms with E-state index in [1.807, 2.05) is 6.07 Å². The van der Waals surface area contributed by atoms with Gasteiger partial charge in [-0.25, -0.2) is 13.2 Å². The molecule has 1 aliphatic carbocycles. The van der Waals surface area contributed by atoms with Gasteiger partial charge < -0.3 is 15.2 Å². The van der Waals surface area contributed by atoms with Gasteiger partial charge in [0.2, 0.25) is 0 Å². The number of nitrogens with zero attached hydrogens (tertiary/aromatic N) is 5. The Hall–Kier alpha value is -4.07. The van der Waals surface area contributed by atoms with Crippen molar-refractivity contribution in [3.8, 4) is 11.4 Å². The van der Waals surface area contributed by atoms with Crippen LogP contribution in [0.15, 0.2) is 76.7 Å². The van der Waals surface area contributed by atoms with E-state index in [4.69, 9.17) is 4.74 Å². The van der Waals surface area contributed by atoms with Crippen LogP contribution in [0.4, 0.5) is 5.69 Å². The molecule has 12 nitrogen and oxygen atoms in total. The SMILES string of the molecule is O=c1n(CCCCC2CCC2)nnn1-c1ccc(NS(=O)(=O)c2ccc3c(c2)CCC(CNCC(O)c2cccnc2)O3)cc1. The Balaban J connectivity index is 1.01. The number of tetrazole rings is 1. The summed E-state index contributed by atoms with van der Waals surface area (Å²) in [7, 11) is -3.86. The first kappa shape index (κ1) is 30.9. The molecular formula is C32H39N7O5S. The summed E-state index contributed by atoms with van der Waals surface area (Å²) >= 11 is 0. The summed E-state index contributed by atoms with van der Waals surface area (Å²) in [5.74, 6) is 1.50. The summed E-state index contributed by atoms with van der Waals surface area (Å²) in [5.41, 5.74) is 2.13. The first-order valence-corrected chi connectivity index (χ1v) is 17.1. The molecule has 0 bridgehead atoms. The minimum absolute atomic E-state index is 0.0937. The van der Waals surface area contributed by atoms with Crippen molar-refractivity contribution in [2.45, 2.75) is 75.0 Å². The fraction of sp³-hybridized carbons (Fsp3) is 0.438. The second kappa shape index (κ2) is 13.9. The lowest BCUT2D eigenvalue weighted by Crippen LogP contribution is -2.36. The number of nitrogens with one attached hydrogen (secondary N) is 2. The number of ether oxygens (including phenoxy) is 1. The van der Waals surface area contributed by atoms with Gasteiger partial charge in [-0.2, -0.15) is 9.36 Å². The average Bonchev–Trinajstić information content (AvgIpc) is 3.40. The molecule has 0 spiro atoms. The molecule has 6 rings (SSSR count). The number of benzene rings is 2. The Labute approximate surface area is 262 Å². The predicted molar refractivity (Wildman–Crippen MR) is 169 cm³/mol. The predicted octanol–water partition coefficient (Wildman–Crippen LogP) is 3.61. The van der Waals surface area contributed by atoms with Gasteiger partial charge >= 0.3 is 5.69 Å². The highest BCUT2D eigenvalue weighted by Gasteiger charge is 2.23. The number of anilines is 1. The van der Waals surface area contributed by atoms with Crippen LogP contribution < -0.4 is 20.5 Å². The highest BCUT2D eigenvalue weighted by molar-refractivity contribution is 7.92. The molecule has 1 saturated carbocycles. The van der Waals surface area contributed by atoms with Crippen LogP contribution in [0.2, 0.25) is 0 Å². The van der Waals surface area contributed by atoms with Crippen molar-refractivity contribution in [1.82, 2.24) is 30.1 Å². The third-order valence-electron chi connectivity index (χ3n) is 8.61. The Morgan fingerprint density at radius 2 is 1.89 bits per heavy atom. The molecule has 2 aliphatic rings. The Morgan fingerprint density at radius 3 is 2.64 bits per heavy atom. The number of fused-ring (bicyclic) bond motifs is 1. The Bertz CT molecular complexity index is 1740. The summed E-state index contributed by atoms with van der Waals surface area (Å²) in [5, 5.41) is 21.6. The lowest BCUT2D eigenvalue weighted by molar-refractivity contribution is 0.146. The number of aromatic nitrogens is 5. The summed E-state index contributed by atoms with van der Waals surface area (Å²) in [4.78, 5) is 17.0. The highest BCUT2D eigenvalue weighted by atomic mass is 32.2. The van der Waals surface area contributed by atoms with Gasteiger partial charge in [0.1, 0.15) is 11.9 Å². The lowest BCUT2D eigenvalue weighted by atomic mass is 9.82. The van der Waals surface area contributed by atoms with Crippen LogP contribution >= 0.6 is 0 Å². The zero-order valence-corrected chi connectivity index (χ0v) is 25.9. The van der Waals surface area contributed by atoms with Crippen LogP contribution in [0.25, 0.3) is 5.69 Å². The van der Waals surface area contributed by atoms with E-state index in [-0.39, 0.29) is 16.7 Å². The number of sulfonamides is 1. The minimum atomic E-state index is -3.86. The van der Waals surface area contributed by atoms with Crippen molar-refractivity contribution in [1.29, 1.82) is 0 Å². The second-order valence-electron chi connectivity index (χ2n) is 11.8. The molecule has 13 heteroatoms. The van der Waals surface area contributed by atoms with Crippen LogP contribution in [-0.2, 0) is 23.0 Å². The van der Waals surface area contributed by atoms with Crippen molar-refractivity contribution in [2.75, 3.05) is 17.8 Å². The third-order valence-corrected chi connectivity index (χ3v) is 9.99. The van der Waals surface area contributed by atoms with Crippen molar-refractivity contribution in [3.05, 3.63) is 88.6 Å². The van der Waals surface area contributed by atoms with E-state index in [2.05, 4.69) is 25.4 Å². The maximum Gasteiger partial charge on any atom is 0.368 e. The number of aryl methyl sites for hydroxylation is 2. The van der Waals surface area contributed by atoms with Crippen LogP contribution in [-0.4, -0.2) is 57.5 Å². The van der Waals surface area contributed by atoms with Gasteiger partial charge in [-0.05, 0) is 89.7 Å². The maximum atomic E-state index is 13.2. The first-order chi connectivity index (χ1) is 21.9. The van der Waals surface area contributed by atoms with E-state index in [0.717, 1.165) is 29.9 Å². The molecule has 1 fully saturated rings. The number of aliphatic hydroxyl groups is 1. The Morgan fingerprint density at radius 1 is 1.04 bits per heavy atom. The molecule has 1 aliphatic heterocycles.